The van der Waals surface area contributed by atoms with Crippen LogP contribution in [0.5, 0.6) is 0 Å². The average Bonchev–Trinajstić information content (AvgIpc) is 2.56. The van der Waals surface area contributed by atoms with Gasteiger partial charge in [-0.05, 0) is 37.3 Å². The maximum absolute atomic E-state index is 12.7. The molecule has 0 saturated heterocycles. The van der Waals surface area contributed by atoms with Crippen LogP contribution in [0.4, 0.5) is 19.0 Å². The van der Waals surface area contributed by atoms with E-state index in [9.17, 15) is 22.8 Å². The molecule has 1 N–H and O–H groups in total. The second-order valence-electron chi connectivity index (χ2n) is 4.98. The zero-order valence-electron chi connectivity index (χ0n) is 12.8. The molecule has 1 atom stereocenters. The van der Waals surface area contributed by atoms with E-state index in [1.165, 1.54) is 31.3 Å². The summed E-state index contributed by atoms with van der Waals surface area (Å²) in [5.74, 6) is -1.54. The van der Waals surface area contributed by atoms with Gasteiger partial charge in [-0.3, -0.25) is 4.79 Å². The van der Waals surface area contributed by atoms with Gasteiger partial charge >= 0.3 is 12.1 Å². The van der Waals surface area contributed by atoms with Crippen molar-refractivity contribution in [3.8, 4) is 0 Å². The zero-order valence-corrected chi connectivity index (χ0v) is 13.6. The number of amides is 1. The predicted molar refractivity (Wildman–Crippen MR) is 84.2 cm³/mol. The number of esters is 1. The number of carbonyl (C=O) groups is 2. The lowest BCUT2D eigenvalue weighted by atomic mass is 10.1. The van der Waals surface area contributed by atoms with Gasteiger partial charge in [0.05, 0.1) is 16.1 Å². The number of carbonyl (C=O) groups excluding carboxylic acids is 2. The van der Waals surface area contributed by atoms with Gasteiger partial charge in [-0.2, -0.15) is 13.2 Å². The Morgan fingerprint density at radius 3 is 2.56 bits per heavy atom. The minimum Gasteiger partial charge on any atom is -0.449 e. The van der Waals surface area contributed by atoms with Gasteiger partial charge in [0.2, 0.25) is 0 Å². The molecule has 0 aliphatic rings. The summed E-state index contributed by atoms with van der Waals surface area (Å²) >= 11 is 5.67. The molecule has 0 bridgehead atoms. The quantitative estimate of drug-likeness (QED) is 0.825. The second-order valence-corrected chi connectivity index (χ2v) is 5.41. The van der Waals surface area contributed by atoms with Crippen LogP contribution in [0.25, 0.3) is 0 Å². The molecule has 1 amide bonds. The molecular formula is C16H12ClF3N2O3. The standard InChI is InChI=1S/C16H12ClF3N2O3/c1-9(14(23)22-13-6-5-12(17)8-21-13)25-15(24)10-3-2-4-11(7-10)16(18,19)20/h2-9H,1H3,(H,21,22,23)/t9-/m0/s1. The van der Waals surface area contributed by atoms with Crippen molar-refractivity contribution in [2.75, 3.05) is 5.32 Å². The molecule has 0 fully saturated rings. The number of anilines is 1. The van der Waals surface area contributed by atoms with Gasteiger partial charge in [-0.25, -0.2) is 9.78 Å². The maximum Gasteiger partial charge on any atom is 0.416 e. The predicted octanol–water partition coefficient (Wildman–Crippen LogP) is 3.94. The molecule has 9 heteroatoms. The number of pyridine rings is 1. The Hall–Kier alpha value is -2.61. The van der Waals surface area contributed by atoms with Gasteiger partial charge < -0.3 is 10.1 Å². The molecule has 2 rings (SSSR count). The average molecular weight is 373 g/mol. The smallest absolute Gasteiger partial charge is 0.416 e. The number of hydrogen-bond acceptors (Lipinski definition) is 4. The normalized spacial score (nSPS) is 12.4. The lowest BCUT2D eigenvalue weighted by molar-refractivity contribution is -0.137. The third-order valence-corrected chi connectivity index (χ3v) is 3.28. The first-order valence-corrected chi connectivity index (χ1v) is 7.35. The SMILES string of the molecule is C[C@H](OC(=O)c1cccc(C(F)(F)F)c1)C(=O)Nc1ccc(Cl)cn1. The number of alkyl halides is 3. The van der Waals surface area contributed by atoms with Crippen molar-refractivity contribution in [3.63, 3.8) is 0 Å². The van der Waals surface area contributed by atoms with Crippen molar-refractivity contribution in [3.05, 3.63) is 58.7 Å². The van der Waals surface area contributed by atoms with Crippen LogP contribution in [-0.2, 0) is 15.7 Å². The molecule has 132 valence electrons. The molecule has 0 unspecified atom stereocenters. The number of hydrogen-bond donors (Lipinski definition) is 1. The molecule has 2 aromatic rings. The largest absolute Gasteiger partial charge is 0.449 e. The first-order valence-electron chi connectivity index (χ1n) is 6.97. The van der Waals surface area contributed by atoms with Gasteiger partial charge in [0.25, 0.3) is 5.91 Å². The fourth-order valence-corrected chi connectivity index (χ4v) is 1.89. The molecule has 5 nitrogen and oxygen atoms in total. The van der Waals surface area contributed by atoms with Crippen LogP contribution < -0.4 is 5.32 Å². The molecule has 0 saturated carbocycles. The number of nitrogens with zero attached hydrogens (tertiary/aromatic N) is 1. The summed E-state index contributed by atoms with van der Waals surface area (Å²) < 4.78 is 42.9. The van der Waals surface area contributed by atoms with E-state index in [2.05, 4.69) is 10.3 Å². The fraction of sp³-hybridized carbons (Fsp3) is 0.188. The summed E-state index contributed by atoms with van der Waals surface area (Å²) in [7, 11) is 0. The molecule has 0 radical (unpaired) electrons. The van der Waals surface area contributed by atoms with Crippen LogP contribution in [-0.4, -0.2) is 23.0 Å². The first-order chi connectivity index (χ1) is 11.7. The highest BCUT2D eigenvalue weighted by molar-refractivity contribution is 6.30. The monoisotopic (exact) mass is 372 g/mol. The van der Waals surface area contributed by atoms with E-state index in [-0.39, 0.29) is 11.4 Å². The summed E-state index contributed by atoms with van der Waals surface area (Å²) in [5.41, 5.74) is -1.29. The minimum absolute atomic E-state index is 0.191. The molecule has 0 aliphatic carbocycles. The van der Waals surface area contributed by atoms with Crippen molar-refractivity contribution in [2.45, 2.75) is 19.2 Å². The first kappa shape index (κ1) is 18.7. The molecule has 1 heterocycles. The van der Waals surface area contributed by atoms with Crippen molar-refractivity contribution in [2.24, 2.45) is 0 Å². The molecule has 25 heavy (non-hydrogen) atoms. The third-order valence-electron chi connectivity index (χ3n) is 3.06. The molecule has 1 aromatic carbocycles. The minimum atomic E-state index is -4.58. The fourth-order valence-electron chi connectivity index (χ4n) is 1.78. The molecule has 0 aliphatic heterocycles. The van der Waals surface area contributed by atoms with Gasteiger partial charge in [-0.1, -0.05) is 17.7 Å². The summed E-state index contributed by atoms with van der Waals surface area (Å²) in [6.07, 6.45) is -4.50. The van der Waals surface area contributed by atoms with E-state index in [1.54, 1.807) is 0 Å². The number of aromatic nitrogens is 1. The van der Waals surface area contributed by atoms with E-state index in [4.69, 9.17) is 16.3 Å². The van der Waals surface area contributed by atoms with E-state index in [0.717, 1.165) is 12.1 Å². The van der Waals surface area contributed by atoms with E-state index < -0.39 is 29.7 Å². The Labute approximate surface area is 145 Å². The maximum atomic E-state index is 12.7. The summed E-state index contributed by atoms with van der Waals surface area (Å²) in [6.45, 7) is 1.29. The van der Waals surface area contributed by atoms with Crippen LogP contribution in [0.15, 0.2) is 42.6 Å². The van der Waals surface area contributed by atoms with Crippen molar-refractivity contribution < 1.29 is 27.5 Å². The second kappa shape index (κ2) is 7.52. The van der Waals surface area contributed by atoms with Crippen LogP contribution in [0, 0.1) is 0 Å². The number of rotatable bonds is 4. The lowest BCUT2D eigenvalue weighted by Crippen LogP contribution is -2.30. The molecule has 1 aromatic heterocycles. The third kappa shape index (κ3) is 5.18. The Kier molecular flexibility index (Phi) is 5.63. The number of halogens is 4. The highest BCUT2D eigenvalue weighted by Gasteiger charge is 2.31. The number of ether oxygens (including phenoxy) is 1. The van der Waals surface area contributed by atoms with Gasteiger partial charge in [0.1, 0.15) is 5.82 Å². The Morgan fingerprint density at radius 2 is 1.96 bits per heavy atom. The van der Waals surface area contributed by atoms with E-state index in [1.807, 2.05) is 0 Å². The van der Waals surface area contributed by atoms with Crippen molar-refractivity contribution in [1.29, 1.82) is 0 Å². The summed E-state index contributed by atoms with van der Waals surface area (Å²) in [4.78, 5) is 27.7. The topological polar surface area (TPSA) is 68.3 Å². The Morgan fingerprint density at radius 1 is 1.24 bits per heavy atom. The van der Waals surface area contributed by atoms with Crippen molar-refractivity contribution in [1.82, 2.24) is 4.98 Å². The molecular weight excluding hydrogens is 361 g/mol. The van der Waals surface area contributed by atoms with E-state index >= 15 is 0 Å². The number of nitrogens with one attached hydrogen (secondary N) is 1. The Balaban J connectivity index is 2.02. The summed E-state index contributed by atoms with van der Waals surface area (Å²) in [5, 5.41) is 2.77. The summed E-state index contributed by atoms with van der Waals surface area (Å²) in [6, 6.07) is 6.70. The number of benzene rings is 1. The highest BCUT2D eigenvalue weighted by Crippen LogP contribution is 2.29. The highest BCUT2D eigenvalue weighted by atomic mass is 35.5. The lowest BCUT2D eigenvalue weighted by Gasteiger charge is -2.14. The van der Waals surface area contributed by atoms with Crippen LogP contribution in [0.3, 0.4) is 0 Å². The van der Waals surface area contributed by atoms with Gasteiger partial charge in [0, 0.05) is 6.20 Å². The molecule has 0 spiro atoms. The van der Waals surface area contributed by atoms with Gasteiger partial charge in [0.15, 0.2) is 6.10 Å². The van der Waals surface area contributed by atoms with Gasteiger partial charge in [-0.15, -0.1) is 0 Å². The Bertz CT molecular complexity index is 779. The van der Waals surface area contributed by atoms with Crippen LogP contribution >= 0.6 is 11.6 Å². The van der Waals surface area contributed by atoms with E-state index in [0.29, 0.717) is 11.1 Å². The zero-order chi connectivity index (χ0) is 18.6. The van der Waals surface area contributed by atoms with Crippen LogP contribution in [0.2, 0.25) is 5.02 Å². The van der Waals surface area contributed by atoms with Crippen molar-refractivity contribution >= 4 is 29.3 Å². The van der Waals surface area contributed by atoms with Crippen LogP contribution in [0.1, 0.15) is 22.8 Å².